The Kier molecular flexibility index (Phi) is 4.75. The Morgan fingerprint density at radius 3 is 2.41 bits per heavy atom. The zero-order chi connectivity index (χ0) is 20.5. The molecule has 148 valence electrons. The van der Waals surface area contributed by atoms with Gasteiger partial charge < -0.3 is 10.6 Å². The van der Waals surface area contributed by atoms with Crippen LogP contribution in [-0.2, 0) is 16.1 Å². The molecular formula is C21H20N4O4. The molecule has 3 N–H and O–H groups in total. The zero-order valence-corrected chi connectivity index (χ0v) is 15.8. The van der Waals surface area contributed by atoms with Gasteiger partial charge in [-0.25, -0.2) is 0 Å². The van der Waals surface area contributed by atoms with Crippen LogP contribution in [-0.4, -0.2) is 41.6 Å². The van der Waals surface area contributed by atoms with Gasteiger partial charge in [0.2, 0.25) is 11.8 Å². The second-order valence-electron chi connectivity index (χ2n) is 6.97. The van der Waals surface area contributed by atoms with Crippen LogP contribution in [0.15, 0.2) is 42.5 Å². The van der Waals surface area contributed by atoms with Gasteiger partial charge in [-0.15, -0.1) is 0 Å². The second-order valence-corrected chi connectivity index (χ2v) is 6.97. The number of nitrogens with zero attached hydrogens (tertiary/aromatic N) is 1. The lowest BCUT2D eigenvalue weighted by molar-refractivity contribution is -0.136. The molecule has 0 spiro atoms. The Hall–Kier alpha value is -3.68. The van der Waals surface area contributed by atoms with Crippen molar-refractivity contribution in [1.29, 1.82) is 0 Å². The molecule has 0 aromatic heterocycles. The molecule has 29 heavy (non-hydrogen) atoms. The number of hydrogen-bond acceptors (Lipinski definition) is 6. The number of fused-ring (bicyclic) bond motifs is 1. The molecule has 8 heteroatoms. The minimum absolute atomic E-state index is 0.0981. The summed E-state index contributed by atoms with van der Waals surface area (Å²) in [5.74, 6) is -2.00. The molecular weight excluding hydrogens is 372 g/mol. The largest absolute Gasteiger partial charge is 0.388 e. The molecule has 2 aliphatic rings. The van der Waals surface area contributed by atoms with E-state index >= 15 is 0 Å². The molecule has 1 fully saturated rings. The number of amides is 4. The summed E-state index contributed by atoms with van der Waals surface area (Å²) in [6, 6.07) is 11.8. The number of carbonyl (C=O) groups is 4. The van der Waals surface area contributed by atoms with Crippen LogP contribution in [0.4, 0.5) is 11.4 Å². The van der Waals surface area contributed by atoms with Crippen molar-refractivity contribution < 1.29 is 19.2 Å². The lowest BCUT2D eigenvalue weighted by Gasteiger charge is -2.27. The second kappa shape index (κ2) is 7.38. The maximum Gasteiger partial charge on any atom is 0.262 e. The standard InChI is InChI=1S/C21H20N4O4/c1-22-13-5-7-14(8-6-13)23-11-12-3-2-4-15-18(12)21(29)25(20(15)28)16-9-10-17(26)24-19(16)27/h2-8,16,22-23H,9-11H2,1H3,(H,24,26,27). The summed E-state index contributed by atoms with van der Waals surface area (Å²) >= 11 is 0. The van der Waals surface area contributed by atoms with E-state index in [4.69, 9.17) is 0 Å². The summed E-state index contributed by atoms with van der Waals surface area (Å²) in [6.45, 7) is 0.351. The maximum absolute atomic E-state index is 13.1. The van der Waals surface area contributed by atoms with Crippen LogP contribution in [0.5, 0.6) is 0 Å². The van der Waals surface area contributed by atoms with Crippen molar-refractivity contribution in [3.05, 3.63) is 59.2 Å². The third kappa shape index (κ3) is 3.33. The Labute approximate surface area is 167 Å². The topological polar surface area (TPSA) is 108 Å². The third-order valence-corrected chi connectivity index (χ3v) is 5.21. The van der Waals surface area contributed by atoms with Crippen molar-refractivity contribution >= 4 is 35.0 Å². The van der Waals surface area contributed by atoms with Crippen LogP contribution in [0, 0.1) is 0 Å². The summed E-state index contributed by atoms with van der Waals surface area (Å²) < 4.78 is 0. The molecule has 2 aliphatic heterocycles. The van der Waals surface area contributed by atoms with Gasteiger partial charge in [-0.05, 0) is 42.3 Å². The van der Waals surface area contributed by atoms with Crippen LogP contribution in [0.1, 0.15) is 39.1 Å². The van der Waals surface area contributed by atoms with Gasteiger partial charge in [0.25, 0.3) is 11.8 Å². The average molecular weight is 392 g/mol. The Morgan fingerprint density at radius 2 is 1.72 bits per heavy atom. The van der Waals surface area contributed by atoms with Crippen LogP contribution in [0.25, 0.3) is 0 Å². The Balaban J connectivity index is 1.57. The van der Waals surface area contributed by atoms with Gasteiger partial charge in [-0.2, -0.15) is 0 Å². The minimum atomic E-state index is -0.963. The summed E-state index contributed by atoms with van der Waals surface area (Å²) in [7, 11) is 1.84. The van der Waals surface area contributed by atoms with E-state index in [2.05, 4.69) is 16.0 Å². The van der Waals surface area contributed by atoms with Gasteiger partial charge in [-0.1, -0.05) is 12.1 Å². The van der Waals surface area contributed by atoms with Gasteiger partial charge in [-0.3, -0.25) is 29.4 Å². The van der Waals surface area contributed by atoms with Crippen LogP contribution in [0.2, 0.25) is 0 Å². The van der Waals surface area contributed by atoms with E-state index in [1.54, 1.807) is 18.2 Å². The average Bonchev–Trinajstić information content (AvgIpc) is 2.98. The van der Waals surface area contributed by atoms with Crippen molar-refractivity contribution in [2.24, 2.45) is 0 Å². The van der Waals surface area contributed by atoms with Gasteiger partial charge in [0, 0.05) is 31.4 Å². The molecule has 1 saturated heterocycles. The first-order valence-corrected chi connectivity index (χ1v) is 9.34. The quantitative estimate of drug-likeness (QED) is 0.669. The van der Waals surface area contributed by atoms with Gasteiger partial charge in [0.05, 0.1) is 11.1 Å². The van der Waals surface area contributed by atoms with Crippen molar-refractivity contribution in [3.63, 3.8) is 0 Å². The molecule has 2 aromatic carbocycles. The van der Waals surface area contributed by atoms with Crippen molar-refractivity contribution in [2.45, 2.75) is 25.4 Å². The number of nitrogens with one attached hydrogen (secondary N) is 3. The minimum Gasteiger partial charge on any atom is -0.388 e. The smallest absolute Gasteiger partial charge is 0.262 e. The normalized spacial score (nSPS) is 18.5. The van der Waals surface area contributed by atoms with E-state index < -0.39 is 29.7 Å². The highest BCUT2D eigenvalue weighted by molar-refractivity contribution is 6.24. The molecule has 2 aromatic rings. The van der Waals surface area contributed by atoms with E-state index in [0.717, 1.165) is 16.3 Å². The molecule has 0 bridgehead atoms. The van der Waals surface area contributed by atoms with Gasteiger partial charge >= 0.3 is 0 Å². The number of rotatable bonds is 5. The third-order valence-electron chi connectivity index (χ3n) is 5.21. The molecule has 8 nitrogen and oxygen atoms in total. The molecule has 4 amide bonds. The summed E-state index contributed by atoms with van der Waals surface area (Å²) in [5.41, 5.74) is 3.12. The van der Waals surface area contributed by atoms with E-state index in [1.807, 2.05) is 31.3 Å². The number of carbonyl (C=O) groups excluding carboxylic acids is 4. The Bertz CT molecular complexity index is 1020. The fraction of sp³-hybridized carbons (Fsp3) is 0.238. The van der Waals surface area contributed by atoms with Crippen molar-refractivity contribution in [3.8, 4) is 0 Å². The summed E-state index contributed by atoms with van der Waals surface area (Å²) in [6.07, 6.45) is 0.238. The Morgan fingerprint density at radius 1 is 1.00 bits per heavy atom. The van der Waals surface area contributed by atoms with Crippen molar-refractivity contribution in [2.75, 3.05) is 17.7 Å². The number of benzene rings is 2. The van der Waals surface area contributed by atoms with Crippen LogP contribution >= 0.6 is 0 Å². The molecule has 1 unspecified atom stereocenters. The van der Waals surface area contributed by atoms with Crippen LogP contribution < -0.4 is 16.0 Å². The van der Waals surface area contributed by atoms with E-state index in [0.29, 0.717) is 17.7 Å². The fourth-order valence-corrected chi connectivity index (χ4v) is 3.68. The number of anilines is 2. The first-order chi connectivity index (χ1) is 14.0. The van der Waals surface area contributed by atoms with E-state index in [-0.39, 0.29) is 18.4 Å². The zero-order valence-electron chi connectivity index (χ0n) is 15.8. The molecule has 0 radical (unpaired) electrons. The first-order valence-electron chi connectivity index (χ1n) is 9.34. The highest BCUT2D eigenvalue weighted by Crippen LogP contribution is 2.30. The number of hydrogen-bond donors (Lipinski definition) is 3. The molecule has 4 rings (SSSR count). The van der Waals surface area contributed by atoms with Crippen LogP contribution in [0.3, 0.4) is 0 Å². The molecule has 0 aliphatic carbocycles. The monoisotopic (exact) mass is 392 g/mol. The summed E-state index contributed by atoms with van der Waals surface area (Å²) in [5, 5.41) is 8.50. The van der Waals surface area contributed by atoms with Crippen molar-refractivity contribution in [1.82, 2.24) is 10.2 Å². The van der Waals surface area contributed by atoms with E-state index in [1.165, 1.54) is 0 Å². The summed E-state index contributed by atoms with van der Waals surface area (Å²) in [4.78, 5) is 50.5. The predicted octanol–water partition coefficient (Wildman–Crippen LogP) is 1.74. The van der Waals surface area contributed by atoms with Gasteiger partial charge in [0.15, 0.2) is 0 Å². The first kappa shape index (κ1) is 18.7. The molecule has 1 atom stereocenters. The fourth-order valence-electron chi connectivity index (χ4n) is 3.68. The SMILES string of the molecule is CNc1ccc(NCc2cccc3c2C(=O)N(C2CCC(=O)NC2=O)C3=O)cc1. The highest BCUT2D eigenvalue weighted by Gasteiger charge is 2.45. The van der Waals surface area contributed by atoms with E-state index in [9.17, 15) is 19.2 Å². The molecule has 2 heterocycles. The lowest BCUT2D eigenvalue weighted by Crippen LogP contribution is -2.54. The lowest BCUT2D eigenvalue weighted by atomic mass is 10.0. The highest BCUT2D eigenvalue weighted by atomic mass is 16.2. The molecule has 0 saturated carbocycles. The van der Waals surface area contributed by atoms with Gasteiger partial charge in [0.1, 0.15) is 6.04 Å². The maximum atomic E-state index is 13.1. The number of piperidine rings is 1. The predicted molar refractivity (Wildman–Crippen MR) is 106 cm³/mol. The number of imide groups is 2.